The molecule has 0 fully saturated rings. The van der Waals surface area contributed by atoms with Crippen LogP contribution in [0.1, 0.15) is 15.9 Å². The van der Waals surface area contributed by atoms with Crippen molar-refractivity contribution in [1.29, 1.82) is 0 Å². The van der Waals surface area contributed by atoms with Crippen molar-refractivity contribution < 1.29 is 14.6 Å². The van der Waals surface area contributed by atoms with E-state index >= 15 is 0 Å². The van der Waals surface area contributed by atoms with Gasteiger partial charge in [0.25, 0.3) is 5.91 Å². The fourth-order valence-corrected chi connectivity index (χ4v) is 2.60. The highest BCUT2D eigenvalue weighted by Gasteiger charge is 2.13. The van der Waals surface area contributed by atoms with Crippen LogP contribution in [0.25, 0.3) is 0 Å². The van der Waals surface area contributed by atoms with Crippen LogP contribution in [0.4, 0.5) is 0 Å². The minimum Gasteiger partial charge on any atom is -0.508 e. The van der Waals surface area contributed by atoms with E-state index in [1.54, 1.807) is 54.4 Å². The molecule has 0 atom stereocenters. The topological polar surface area (TPSA) is 62.7 Å². The molecule has 2 aromatic carbocycles. The highest BCUT2D eigenvalue weighted by atomic mass is 35.5. The number of halogens is 1. The molecule has 1 aromatic heterocycles. The molecule has 1 amide bonds. The van der Waals surface area contributed by atoms with Crippen molar-refractivity contribution in [2.75, 3.05) is 7.05 Å². The van der Waals surface area contributed by atoms with Crippen LogP contribution in [0.5, 0.6) is 17.4 Å². The Morgan fingerprint density at radius 3 is 2.65 bits per heavy atom. The number of benzene rings is 2. The first-order valence-electron chi connectivity index (χ1n) is 7.95. The number of phenolic OH excluding ortho intramolecular Hbond substituents is 1. The van der Waals surface area contributed by atoms with Gasteiger partial charge in [0.15, 0.2) is 0 Å². The molecule has 0 radical (unpaired) electrons. The highest BCUT2D eigenvalue weighted by molar-refractivity contribution is 6.32. The van der Waals surface area contributed by atoms with Gasteiger partial charge in [-0.1, -0.05) is 35.9 Å². The van der Waals surface area contributed by atoms with E-state index in [-0.39, 0.29) is 11.7 Å². The molecule has 26 heavy (non-hydrogen) atoms. The molecule has 5 nitrogen and oxygen atoms in total. The van der Waals surface area contributed by atoms with Crippen molar-refractivity contribution in [3.05, 3.63) is 83.0 Å². The fourth-order valence-electron chi connectivity index (χ4n) is 2.43. The number of pyridine rings is 1. The van der Waals surface area contributed by atoms with E-state index in [2.05, 4.69) is 4.98 Å². The second kappa shape index (κ2) is 7.89. The maximum Gasteiger partial charge on any atom is 0.255 e. The summed E-state index contributed by atoms with van der Waals surface area (Å²) in [5.41, 5.74) is 1.28. The van der Waals surface area contributed by atoms with Gasteiger partial charge in [-0.05, 0) is 35.9 Å². The van der Waals surface area contributed by atoms with Crippen molar-refractivity contribution in [3.8, 4) is 17.4 Å². The summed E-state index contributed by atoms with van der Waals surface area (Å²) in [6.07, 6.45) is 1.47. The Balaban J connectivity index is 1.67. The number of carbonyl (C=O) groups is 1. The fraction of sp³-hybridized carbons (Fsp3) is 0.100. The molecule has 6 heteroatoms. The lowest BCUT2D eigenvalue weighted by molar-refractivity contribution is 0.0784. The number of carbonyl (C=O) groups excluding carboxylic acids is 1. The molecule has 0 aliphatic heterocycles. The third kappa shape index (κ3) is 4.32. The van der Waals surface area contributed by atoms with Crippen LogP contribution in [0, 0.1) is 0 Å². The van der Waals surface area contributed by atoms with E-state index in [1.807, 2.05) is 18.2 Å². The monoisotopic (exact) mass is 368 g/mol. The maximum absolute atomic E-state index is 12.5. The van der Waals surface area contributed by atoms with Gasteiger partial charge < -0.3 is 14.7 Å². The molecule has 0 spiro atoms. The Morgan fingerprint density at radius 1 is 1.15 bits per heavy atom. The molecule has 1 heterocycles. The van der Waals surface area contributed by atoms with Crippen LogP contribution < -0.4 is 4.74 Å². The van der Waals surface area contributed by atoms with Gasteiger partial charge in [-0.25, -0.2) is 4.98 Å². The first-order valence-corrected chi connectivity index (χ1v) is 8.32. The van der Waals surface area contributed by atoms with E-state index in [0.29, 0.717) is 28.8 Å². The zero-order chi connectivity index (χ0) is 18.5. The van der Waals surface area contributed by atoms with Crippen molar-refractivity contribution in [2.24, 2.45) is 0 Å². The van der Waals surface area contributed by atoms with E-state index in [4.69, 9.17) is 16.3 Å². The Kier molecular flexibility index (Phi) is 5.39. The summed E-state index contributed by atoms with van der Waals surface area (Å²) in [6.45, 7) is 0.380. The molecule has 0 unspecified atom stereocenters. The van der Waals surface area contributed by atoms with Crippen LogP contribution >= 0.6 is 11.6 Å². The summed E-state index contributed by atoms with van der Waals surface area (Å²) >= 11 is 6.05. The summed E-state index contributed by atoms with van der Waals surface area (Å²) < 4.78 is 5.62. The minimum absolute atomic E-state index is 0.172. The highest BCUT2D eigenvalue weighted by Crippen LogP contribution is 2.27. The van der Waals surface area contributed by atoms with Gasteiger partial charge in [0.2, 0.25) is 5.88 Å². The van der Waals surface area contributed by atoms with Gasteiger partial charge in [0.05, 0.1) is 10.6 Å². The maximum atomic E-state index is 12.5. The molecule has 3 rings (SSSR count). The smallest absolute Gasteiger partial charge is 0.255 e. The average Bonchev–Trinajstić information content (AvgIpc) is 2.64. The van der Waals surface area contributed by atoms with Crippen LogP contribution in [0.3, 0.4) is 0 Å². The summed E-state index contributed by atoms with van der Waals surface area (Å²) in [6, 6.07) is 17.2. The number of nitrogens with zero attached hydrogens (tertiary/aromatic N) is 2. The Hall–Kier alpha value is -3.05. The van der Waals surface area contributed by atoms with E-state index < -0.39 is 0 Å². The number of aromatic hydroxyl groups is 1. The molecule has 1 N–H and O–H groups in total. The Labute approximate surface area is 156 Å². The predicted octanol–water partition coefficient (Wildman–Crippen LogP) is 4.51. The first-order chi connectivity index (χ1) is 12.5. The zero-order valence-corrected chi connectivity index (χ0v) is 14.8. The minimum atomic E-state index is -0.176. The quantitative estimate of drug-likeness (QED) is 0.720. The summed E-state index contributed by atoms with van der Waals surface area (Å²) in [4.78, 5) is 18.2. The molecule has 132 valence electrons. The number of rotatable bonds is 5. The summed E-state index contributed by atoms with van der Waals surface area (Å²) in [5.74, 6) is 0.850. The summed E-state index contributed by atoms with van der Waals surface area (Å²) in [7, 11) is 1.69. The third-order valence-electron chi connectivity index (χ3n) is 3.71. The molecular weight excluding hydrogens is 352 g/mol. The molecule has 0 bridgehead atoms. The summed E-state index contributed by atoms with van der Waals surface area (Å²) in [5, 5.41) is 10.0. The third-order valence-corrected chi connectivity index (χ3v) is 4.02. The van der Waals surface area contributed by atoms with Crippen LogP contribution in [0.15, 0.2) is 66.9 Å². The van der Waals surface area contributed by atoms with Crippen molar-refractivity contribution in [1.82, 2.24) is 9.88 Å². The number of phenols is 1. The Morgan fingerprint density at radius 2 is 1.96 bits per heavy atom. The molecular formula is C20H17ClN2O3. The van der Waals surface area contributed by atoms with E-state index in [9.17, 15) is 9.90 Å². The number of ether oxygens (including phenoxy) is 1. The van der Waals surface area contributed by atoms with Gasteiger partial charge >= 0.3 is 0 Å². The average molecular weight is 369 g/mol. The first kappa shape index (κ1) is 17.8. The van der Waals surface area contributed by atoms with Gasteiger partial charge in [-0.2, -0.15) is 0 Å². The van der Waals surface area contributed by atoms with Crippen LogP contribution in [-0.4, -0.2) is 27.9 Å². The van der Waals surface area contributed by atoms with Crippen LogP contribution in [0.2, 0.25) is 5.02 Å². The number of aromatic nitrogens is 1. The largest absolute Gasteiger partial charge is 0.508 e. The van der Waals surface area contributed by atoms with Gasteiger partial charge in [0, 0.05) is 25.9 Å². The second-order valence-corrected chi connectivity index (χ2v) is 6.16. The van der Waals surface area contributed by atoms with Gasteiger partial charge in [-0.3, -0.25) is 4.79 Å². The predicted molar refractivity (Wildman–Crippen MR) is 99.7 cm³/mol. The second-order valence-electron chi connectivity index (χ2n) is 5.75. The van der Waals surface area contributed by atoms with E-state index in [0.717, 1.165) is 5.56 Å². The van der Waals surface area contributed by atoms with Crippen LogP contribution in [-0.2, 0) is 6.54 Å². The van der Waals surface area contributed by atoms with Crippen molar-refractivity contribution in [2.45, 2.75) is 6.54 Å². The molecule has 0 aliphatic rings. The van der Waals surface area contributed by atoms with Gasteiger partial charge in [-0.15, -0.1) is 0 Å². The lowest BCUT2D eigenvalue weighted by Gasteiger charge is -2.17. The zero-order valence-electron chi connectivity index (χ0n) is 14.1. The molecule has 0 saturated heterocycles. The van der Waals surface area contributed by atoms with Crippen molar-refractivity contribution in [3.63, 3.8) is 0 Å². The SMILES string of the molecule is CN(Cc1cccc(O)c1)C(=O)c1ccc(Oc2ccccc2Cl)nc1. The molecule has 3 aromatic rings. The number of para-hydroxylation sites is 1. The lowest BCUT2D eigenvalue weighted by Crippen LogP contribution is -2.26. The standard InChI is InChI=1S/C20H17ClN2O3/c1-23(13-14-5-4-6-16(24)11-14)20(25)15-9-10-19(22-12-15)26-18-8-3-2-7-17(18)21/h2-12,24H,13H2,1H3. The number of hydrogen-bond acceptors (Lipinski definition) is 4. The van der Waals surface area contributed by atoms with Gasteiger partial charge in [0.1, 0.15) is 11.5 Å². The normalized spacial score (nSPS) is 10.4. The number of hydrogen-bond donors (Lipinski definition) is 1. The van der Waals surface area contributed by atoms with E-state index in [1.165, 1.54) is 6.20 Å². The lowest BCUT2D eigenvalue weighted by atomic mass is 10.2. The number of amides is 1. The van der Waals surface area contributed by atoms with Crippen molar-refractivity contribution >= 4 is 17.5 Å². The Bertz CT molecular complexity index is 913. The molecule has 0 aliphatic carbocycles. The molecule has 0 saturated carbocycles.